The topological polar surface area (TPSA) is 66.4 Å². The standard InChI is InChI=1S/C16H18N4O2/c1-16(2)15(22)19(3)8-9-20(16)14(21)11-4-5-12-13(10-11)18-7-6-17-12/h4-7,10H,8-9H2,1-3H3. The number of fused-ring (bicyclic) bond motifs is 1. The van der Waals surface area contributed by atoms with Gasteiger partial charge < -0.3 is 9.80 Å². The van der Waals surface area contributed by atoms with Crippen molar-refractivity contribution in [2.45, 2.75) is 19.4 Å². The van der Waals surface area contributed by atoms with Gasteiger partial charge in [-0.3, -0.25) is 19.6 Å². The molecule has 1 aromatic heterocycles. The van der Waals surface area contributed by atoms with Crippen molar-refractivity contribution in [3.63, 3.8) is 0 Å². The molecule has 6 nitrogen and oxygen atoms in total. The highest BCUT2D eigenvalue weighted by Gasteiger charge is 2.43. The summed E-state index contributed by atoms with van der Waals surface area (Å²) in [6.45, 7) is 4.63. The fourth-order valence-electron chi connectivity index (χ4n) is 2.82. The minimum Gasteiger partial charge on any atom is -0.342 e. The zero-order valence-electron chi connectivity index (χ0n) is 12.9. The highest BCUT2D eigenvalue weighted by molar-refractivity contribution is 6.01. The lowest BCUT2D eigenvalue weighted by atomic mass is 9.96. The van der Waals surface area contributed by atoms with E-state index in [0.717, 1.165) is 5.52 Å². The van der Waals surface area contributed by atoms with Crippen molar-refractivity contribution in [2.75, 3.05) is 20.1 Å². The summed E-state index contributed by atoms with van der Waals surface area (Å²) in [6.07, 6.45) is 3.21. The molecular weight excluding hydrogens is 280 g/mol. The first kappa shape index (κ1) is 14.4. The Hall–Kier alpha value is -2.50. The van der Waals surface area contributed by atoms with Gasteiger partial charge in [-0.25, -0.2) is 0 Å². The molecule has 0 aliphatic carbocycles. The number of nitrogens with zero attached hydrogens (tertiary/aromatic N) is 4. The van der Waals surface area contributed by atoms with Gasteiger partial charge in [0.2, 0.25) is 5.91 Å². The zero-order chi connectivity index (χ0) is 15.9. The second kappa shape index (κ2) is 5.05. The van der Waals surface area contributed by atoms with E-state index in [4.69, 9.17) is 0 Å². The summed E-state index contributed by atoms with van der Waals surface area (Å²) >= 11 is 0. The van der Waals surface area contributed by atoms with E-state index in [2.05, 4.69) is 9.97 Å². The Kier molecular flexibility index (Phi) is 3.31. The van der Waals surface area contributed by atoms with E-state index in [-0.39, 0.29) is 11.8 Å². The van der Waals surface area contributed by atoms with Crippen LogP contribution in [0.2, 0.25) is 0 Å². The molecule has 6 heteroatoms. The molecule has 0 radical (unpaired) electrons. The number of rotatable bonds is 1. The largest absolute Gasteiger partial charge is 0.342 e. The number of benzene rings is 1. The Balaban J connectivity index is 1.96. The quantitative estimate of drug-likeness (QED) is 0.796. The lowest BCUT2D eigenvalue weighted by Crippen LogP contribution is -2.63. The first-order chi connectivity index (χ1) is 10.4. The molecule has 1 aromatic carbocycles. The van der Waals surface area contributed by atoms with Gasteiger partial charge in [-0.2, -0.15) is 0 Å². The van der Waals surface area contributed by atoms with Gasteiger partial charge in [0.25, 0.3) is 5.91 Å². The molecular formula is C16H18N4O2. The second-order valence-electron chi connectivity index (χ2n) is 6.00. The van der Waals surface area contributed by atoms with Crippen LogP contribution in [0.1, 0.15) is 24.2 Å². The molecule has 1 aliphatic rings. The number of hydrogen-bond acceptors (Lipinski definition) is 4. The number of hydrogen-bond donors (Lipinski definition) is 0. The van der Waals surface area contributed by atoms with E-state index < -0.39 is 5.54 Å². The van der Waals surface area contributed by atoms with Gasteiger partial charge in [-0.05, 0) is 32.0 Å². The normalized spacial score (nSPS) is 17.9. The summed E-state index contributed by atoms with van der Waals surface area (Å²) < 4.78 is 0. The summed E-state index contributed by atoms with van der Waals surface area (Å²) in [5, 5.41) is 0. The molecule has 1 fully saturated rings. The molecule has 2 heterocycles. The van der Waals surface area contributed by atoms with Crippen LogP contribution in [0.4, 0.5) is 0 Å². The Morgan fingerprint density at radius 1 is 1.14 bits per heavy atom. The van der Waals surface area contributed by atoms with Gasteiger partial charge in [0.1, 0.15) is 5.54 Å². The monoisotopic (exact) mass is 298 g/mol. The third kappa shape index (κ3) is 2.20. The average molecular weight is 298 g/mol. The van der Waals surface area contributed by atoms with Crippen molar-refractivity contribution in [3.8, 4) is 0 Å². The van der Waals surface area contributed by atoms with E-state index in [1.54, 1.807) is 61.3 Å². The first-order valence-corrected chi connectivity index (χ1v) is 7.19. The second-order valence-corrected chi connectivity index (χ2v) is 6.00. The van der Waals surface area contributed by atoms with Crippen molar-refractivity contribution in [2.24, 2.45) is 0 Å². The number of carbonyl (C=O) groups excluding carboxylic acids is 2. The summed E-state index contributed by atoms with van der Waals surface area (Å²) in [5.74, 6) is -0.202. The first-order valence-electron chi connectivity index (χ1n) is 7.19. The molecule has 2 aromatic rings. The van der Waals surface area contributed by atoms with Gasteiger partial charge >= 0.3 is 0 Å². The molecule has 2 amide bonds. The number of aromatic nitrogens is 2. The molecule has 0 N–H and O–H groups in total. The Labute approximate surface area is 128 Å². The molecule has 0 bridgehead atoms. The third-order valence-electron chi connectivity index (χ3n) is 4.17. The number of piperazine rings is 1. The smallest absolute Gasteiger partial charge is 0.254 e. The fourth-order valence-corrected chi connectivity index (χ4v) is 2.82. The average Bonchev–Trinajstić information content (AvgIpc) is 2.52. The number of amides is 2. The Morgan fingerprint density at radius 3 is 2.55 bits per heavy atom. The van der Waals surface area contributed by atoms with Gasteiger partial charge in [-0.1, -0.05) is 0 Å². The summed E-state index contributed by atoms with van der Waals surface area (Å²) in [7, 11) is 1.76. The summed E-state index contributed by atoms with van der Waals surface area (Å²) in [5.41, 5.74) is 1.10. The van der Waals surface area contributed by atoms with Crippen LogP contribution in [-0.4, -0.2) is 57.3 Å². The minimum atomic E-state index is -0.846. The van der Waals surface area contributed by atoms with Gasteiger partial charge in [0.05, 0.1) is 11.0 Å². The van der Waals surface area contributed by atoms with Crippen LogP contribution in [0.25, 0.3) is 11.0 Å². The van der Waals surface area contributed by atoms with E-state index in [9.17, 15) is 9.59 Å². The van der Waals surface area contributed by atoms with Crippen LogP contribution in [-0.2, 0) is 4.79 Å². The molecule has 22 heavy (non-hydrogen) atoms. The Bertz CT molecular complexity index is 757. The maximum Gasteiger partial charge on any atom is 0.254 e. The van der Waals surface area contributed by atoms with Crippen molar-refractivity contribution in [3.05, 3.63) is 36.2 Å². The van der Waals surface area contributed by atoms with E-state index in [1.807, 2.05) is 0 Å². The summed E-state index contributed by atoms with van der Waals surface area (Å²) in [6, 6.07) is 5.24. The minimum absolute atomic E-state index is 0.0484. The molecule has 0 spiro atoms. The van der Waals surface area contributed by atoms with E-state index in [1.165, 1.54) is 0 Å². The lowest BCUT2D eigenvalue weighted by Gasteiger charge is -2.44. The number of likely N-dealkylation sites (N-methyl/N-ethyl adjacent to an activating group) is 1. The van der Waals surface area contributed by atoms with Crippen molar-refractivity contribution < 1.29 is 9.59 Å². The fraction of sp³-hybridized carbons (Fsp3) is 0.375. The predicted octanol–water partition coefficient (Wildman–Crippen LogP) is 1.32. The molecule has 0 atom stereocenters. The SMILES string of the molecule is CN1CCN(C(=O)c2ccc3nccnc3c2)C(C)(C)C1=O. The lowest BCUT2D eigenvalue weighted by molar-refractivity contribution is -0.144. The maximum atomic E-state index is 12.8. The highest BCUT2D eigenvalue weighted by Crippen LogP contribution is 2.24. The summed E-state index contributed by atoms with van der Waals surface area (Å²) in [4.78, 5) is 36.8. The molecule has 1 aliphatic heterocycles. The molecule has 114 valence electrons. The predicted molar refractivity (Wildman–Crippen MR) is 82.3 cm³/mol. The molecule has 0 unspecified atom stereocenters. The zero-order valence-corrected chi connectivity index (χ0v) is 12.9. The molecule has 1 saturated heterocycles. The van der Waals surface area contributed by atoms with Crippen LogP contribution in [0, 0.1) is 0 Å². The molecule has 0 saturated carbocycles. The van der Waals surface area contributed by atoms with E-state index >= 15 is 0 Å². The van der Waals surface area contributed by atoms with Crippen molar-refractivity contribution in [1.82, 2.24) is 19.8 Å². The number of carbonyl (C=O) groups is 2. The highest BCUT2D eigenvalue weighted by atomic mass is 16.2. The van der Waals surface area contributed by atoms with Crippen LogP contribution in [0.5, 0.6) is 0 Å². The van der Waals surface area contributed by atoms with Gasteiger partial charge in [0.15, 0.2) is 0 Å². The van der Waals surface area contributed by atoms with Crippen LogP contribution in [0.15, 0.2) is 30.6 Å². The maximum absolute atomic E-state index is 12.8. The molecule has 3 rings (SSSR count). The van der Waals surface area contributed by atoms with Gasteiger partial charge in [0, 0.05) is 38.1 Å². The van der Waals surface area contributed by atoms with Crippen LogP contribution < -0.4 is 0 Å². The third-order valence-corrected chi connectivity index (χ3v) is 4.17. The Morgan fingerprint density at radius 2 is 1.82 bits per heavy atom. The van der Waals surface area contributed by atoms with Crippen molar-refractivity contribution >= 4 is 22.8 Å². The van der Waals surface area contributed by atoms with Gasteiger partial charge in [-0.15, -0.1) is 0 Å². The van der Waals surface area contributed by atoms with Crippen molar-refractivity contribution in [1.29, 1.82) is 0 Å². The van der Waals surface area contributed by atoms with Crippen LogP contribution >= 0.6 is 0 Å². The van der Waals surface area contributed by atoms with E-state index in [0.29, 0.717) is 24.2 Å². The van der Waals surface area contributed by atoms with Crippen LogP contribution in [0.3, 0.4) is 0 Å².